The lowest BCUT2D eigenvalue weighted by Gasteiger charge is -2.33. The van der Waals surface area contributed by atoms with Crippen molar-refractivity contribution >= 4 is 11.8 Å². The fourth-order valence-corrected chi connectivity index (χ4v) is 3.62. The van der Waals surface area contributed by atoms with Crippen molar-refractivity contribution in [3.8, 4) is 0 Å². The maximum Gasteiger partial charge on any atom is 0.254 e. The summed E-state index contributed by atoms with van der Waals surface area (Å²) in [7, 11) is 0. The highest BCUT2D eigenvalue weighted by Gasteiger charge is 2.25. The fraction of sp³-hybridized carbons (Fsp3) is 0.429. The van der Waals surface area contributed by atoms with Gasteiger partial charge < -0.3 is 15.2 Å². The smallest absolute Gasteiger partial charge is 0.254 e. The highest BCUT2D eigenvalue weighted by molar-refractivity contribution is 5.94. The molecule has 2 heterocycles. The molecule has 7 nitrogen and oxygen atoms in total. The van der Waals surface area contributed by atoms with Crippen LogP contribution in [0.25, 0.3) is 0 Å². The largest absolute Gasteiger partial charge is 0.352 e. The molecular weight excluding hydrogens is 375 g/mol. The van der Waals surface area contributed by atoms with Crippen LogP contribution < -0.4 is 10.9 Å². The third-order valence-electron chi connectivity index (χ3n) is 5.20. The molecule has 2 aromatic rings. The van der Waals surface area contributed by atoms with E-state index in [4.69, 9.17) is 0 Å². The van der Waals surface area contributed by atoms with Gasteiger partial charge in [0.05, 0.1) is 6.42 Å². The highest BCUT2D eigenvalue weighted by atomic mass is 19.1. The molecule has 0 spiro atoms. The second-order valence-electron chi connectivity index (χ2n) is 7.46. The number of benzene rings is 1. The molecule has 29 heavy (non-hydrogen) atoms. The standard InChI is InChI=1S/C21H25FN4O3/c1-13-18(21(29)25-14(2)24-13)10-19(27)26-9-3-4-15(12-26)11-23-20(28)16-5-7-17(22)8-6-16/h5-8,15H,3-4,9-12H2,1-2H3,(H,23,28)(H,24,25,29). The van der Waals surface area contributed by atoms with Gasteiger partial charge in [0.2, 0.25) is 5.91 Å². The zero-order valence-corrected chi connectivity index (χ0v) is 16.6. The molecule has 1 aromatic carbocycles. The number of amides is 2. The van der Waals surface area contributed by atoms with Crippen molar-refractivity contribution < 1.29 is 14.0 Å². The Balaban J connectivity index is 1.56. The Morgan fingerprint density at radius 3 is 2.69 bits per heavy atom. The number of aromatic nitrogens is 2. The summed E-state index contributed by atoms with van der Waals surface area (Å²) in [5, 5.41) is 2.86. The minimum absolute atomic E-state index is 0.0170. The van der Waals surface area contributed by atoms with Crippen LogP contribution in [-0.2, 0) is 11.2 Å². The maximum atomic E-state index is 13.0. The molecule has 1 aliphatic rings. The number of H-pyrrole nitrogens is 1. The molecule has 1 unspecified atom stereocenters. The lowest BCUT2D eigenvalue weighted by molar-refractivity contribution is -0.132. The van der Waals surface area contributed by atoms with Crippen molar-refractivity contribution in [1.82, 2.24) is 20.2 Å². The number of nitrogens with zero attached hydrogens (tertiary/aromatic N) is 2. The zero-order valence-electron chi connectivity index (χ0n) is 16.6. The maximum absolute atomic E-state index is 13.0. The highest BCUT2D eigenvalue weighted by Crippen LogP contribution is 2.17. The molecule has 154 valence electrons. The van der Waals surface area contributed by atoms with Gasteiger partial charge in [0.1, 0.15) is 11.6 Å². The van der Waals surface area contributed by atoms with Gasteiger partial charge in [-0.3, -0.25) is 14.4 Å². The quantitative estimate of drug-likeness (QED) is 0.799. The molecule has 1 atom stereocenters. The van der Waals surface area contributed by atoms with Crippen LogP contribution in [0.15, 0.2) is 29.1 Å². The number of nitrogens with one attached hydrogen (secondary N) is 2. The molecule has 0 saturated carbocycles. The SMILES string of the molecule is Cc1nc(C)c(CC(=O)N2CCCC(CNC(=O)c3ccc(F)cc3)C2)c(=O)[nH]1. The molecule has 1 saturated heterocycles. The predicted molar refractivity (Wildman–Crippen MR) is 106 cm³/mol. The number of aromatic amines is 1. The predicted octanol–water partition coefficient (Wildman–Crippen LogP) is 1.74. The van der Waals surface area contributed by atoms with Gasteiger partial charge in [-0.15, -0.1) is 0 Å². The lowest BCUT2D eigenvalue weighted by Crippen LogP contribution is -2.44. The van der Waals surface area contributed by atoms with Crippen LogP contribution in [0.2, 0.25) is 0 Å². The van der Waals surface area contributed by atoms with Crippen LogP contribution >= 0.6 is 0 Å². The lowest BCUT2D eigenvalue weighted by atomic mass is 9.97. The zero-order chi connectivity index (χ0) is 21.0. The normalized spacial score (nSPS) is 16.5. The van der Waals surface area contributed by atoms with Gasteiger partial charge in [-0.1, -0.05) is 0 Å². The summed E-state index contributed by atoms with van der Waals surface area (Å²) in [5.74, 6) is -0.104. The van der Waals surface area contributed by atoms with Gasteiger partial charge in [-0.25, -0.2) is 9.37 Å². The van der Waals surface area contributed by atoms with E-state index in [1.54, 1.807) is 18.7 Å². The fourth-order valence-electron chi connectivity index (χ4n) is 3.62. The Morgan fingerprint density at radius 1 is 1.28 bits per heavy atom. The molecule has 0 radical (unpaired) electrons. The first-order chi connectivity index (χ1) is 13.8. The van der Waals surface area contributed by atoms with E-state index >= 15 is 0 Å². The number of aryl methyl sites for hydroxylation is 2. The number of hydrogen-bond donors (Lipinski definition) is 2. The Hall–Kier alpha value is -3.03. The van der Waals surface area contributed by atoms with E-state index in [9.17, 15) is 18.8 Å². The number of carbonyl (C=O) groups excluding carboxylic acids is 2. The van der Waals surface area contributed by atoms with E-state index in [0.717, 1.165) is 12.8 Å². The topological polar surface area (TPSA) is 95.2 Å². The molecule has 1 aliphatic heterocycles. The van der Waals surface area contributed by atoms with Crippen LogP contribution in [0.5, 0.6) is 0 Å². The third kappa shape index (κ3) is 5.28. The van der Waals surface area contributed by atoms with Crippen molar-refractivity contribution in [2.45, 2.75) is 33.1 Å². The van der Waals surface area contributed by atoms with Gasteiger partial charge in [0, 0.05) is 36.5 Å². The first kappa shape index (κ1) is 20.7. The number of hydrogen-bond acceptors (Lipinski definition) is 4. The molecule has 0 bridgehead atoms. The van der Waals surface area contributed by atoms with Gasteiger partial charge in [-0.2, -0.15) is 0 Å². The van der Waals surface area contributed by atoms with E-state index < -0.39 is 0 Å². The third-order valence-corrected chi connectivity index (χ3v) is 5.20. The summed E-state index contributed by atoms with van der Waals surface area (Å²) in [6.45, 7) is 5.03. The van der Waals surface area contributed by atoms with Crippen LogP contribution in [0.4, 0.5) is 4.39 Å². The van der Waals surface area contributed by atoms with Crippen molar-refractivity contribution in [1.29, 1.82) is 0 Å². The number of halogens is 1. The summed E-state index contributed by atoms with van der Waals surface area (Å²) in [6, 6.07) is 5.38. The molecule has 2 N–H and O–H groups in total. The van der Waals surface area contributed by atoms with Gasteiger partial charge >= 0.3 is 0 Å². The first-order valence-corrected chi connectivity index (χ1v) is 9.71. The molecule has 2 amide bonds. The first-order valence-electron chi connectivity index (χ1n) is 9.71. The summed E-state index contributed by atoms with van der Waals surface area (Å²) >= 11 is 0. The van der Waals surface area contributed by atoms with Crippen molar-refractivity contribution in [3.63, 3.8) is 0 Å². The number of piperidine rings is 1. The van der Waals surface area contributed by atoms with Gasteiger partial charge in [-0.05, 0) is 56.9 Å². The average Bonchev–Trinajstić information content (AvgIpc) is 2.69. The summed E-state index contributed by atoms with van der Waals surface area (Å²) in [6.07, 6.45) is 1.76. The van der Waals surface area contributed by atoms with Crippen LogP contribution in [0.3, 0.4) is 0 Å². The van der Waals surface area contributed by atoms with Gasteiger partial charge in [0.25, 0.3) is 11.5 Å². The number of carbonyl (C=O) groups is 2. The Morgan fingerprint density at radius 2 is 2.00 bits per heavy atom. The van der Waals surface area contributed by atoms with Crippen LogP contribution in [0.1, 0.15) is 40.3 Å². The second kappa shape index (κ2) is 8.98. The molecule has 1 aromatic heterocycles. The minimum atomic E-state index is -0.388. The summed E-state index contributed by atoms with van der Waals surface area (Å²) in [5.41, 5.74) is 1.09. The van der Waals surface area contributed by atoms with Crippen LogP contribution in [0, 0.1) is 25.6 Å². The van der Waals surface area contributed by atoms with Crippen molar-refractivity contribution in [2.24, 2.45) is 5.92 Å². The van der Waals surface area contributed by atoms with Gasteiger partial charge in [0.15, 0.2) is 0 Å². The summed E-state index contributed by atoms with van der Waals surface area (Å²) in [4.78, 5) is 45.7. The van der Waals surface area contributed by atoms with Crippen LogP contribution in [-0.4, -0.2) is 46.3 Å². The number of rotatable bonds is 5. The second-order valence-corrected chi connectivity index (χ2v) is 7.46. The molecule has 0 aliphatic carbocycles. The van der Waals surface area contributed by atoms with E-state index in [-0.39, 0.29) is 35.5 Å². The Bertz CT molecular complexity index is 955. The van der Waals surface area contributed by atoms with Crippen molar-refractivity contribution in [2.75, 3.05) is 19.6 Å². The van der Waals surface area contributed by atoms with Crippen molar-refractivity contribution in [3.05, 3.63) is 63.1 Å². The Labute approximate surface area is 168 Å². The Kier molecular flexibility index (Phi) is 6.41. The monoisotopic (exact) mass is 400 g/mol. The van der Waals surface area contributed by atoms with E-state index in [1.165, 1.54) is 24.3 Å². The average molecular weight is 400 g/mol. The molecule has 3 rings (SSSR count). The minimum Gasteiger partial charge on any atom is -0.352 e. The number of likely N-dealkylation sites (tertiary alicyclic amines) is 1. The van der Waals surface area contributed by atoms with E-state index in [0.29, 0.717) is 42.3 Å². The molecule has 1 fully saturated rings. The van der Waals surface area contributed by atoms with E-state index in [1.807, 2.05) is 0 Å². The molecule has 8 heteroatoms. The summed E-state index contributed by atoms with van der Waals surface area (Å²) < 4.78 is 13.0. The van der Waals surface area contributed by atoms with E-state index in [2.05, 4.69) is 15.3 Å². The molecular formula is C21H25FN4O3.